The van der Waals surface area contributed by atoms with Crippen LogP contribution in [0.15, 0.2) is 47.6 Å². The Labute approximate surface area is 160 Å². The third-order valence-electron chi connectivity index (χ3n) is 4.74. The lowest BCUT2D eigenvalue weighted by Crippen LogP contribution is -2.03. The minimum Gasteiger partial charge on any atom is -0.293 e. The number of halogens is 1. The highest BCUT2D eigenvalue weighted by molar-refractivity contribution is 7.99. The summed E-state index contributed by atoms with van der Waals surface area (Å²) in [5.74, 6) is -0.205. The average molecular weight is 379 g/mol. The summed E-state index contributed by atoms with van der Waals surface area (Å²) in [6, 6.07) is 12.0. The molecule has 2 heterocycles. The van der Waals surface area contributed by atoms with Gasteiger partial charge < -0.3 is 0 Å². The van der Waals surface area contributed by atoms with Crippen molar-refractivity contribution in [3.8, 4) is 0 Å². The van der Waals surface area contributed by atoms with E-state index in [-0.39, 0.29) is 17.4 Å². The predicted molar refractivity (Wildman–Crippen MR) is 106 cm³/mol. The molecule has 0 saturated carbocycles. The number of nitrogens with zero attached hydrogens (tertiary/aromatic N) is 3. The molecule has 0 unspecified atom stereocenters. The molecule has 0 N–H and O–H groups in total. The van der Waals surface area contributed by atoms with Crippen LogP contribution in [0.4, 0.5) is 4.39 Å². The number of carbonyl (C=O) groups is 1. The molecule has 0 aliphatic heterocycles. The van der Waals surface area contributed by atoms with E-state index in [0.29, 0.717) is 10.7 Å². The molecule has 0 atom stereocenters. The summed E-state index contributed by atoms with van der Waals surface area (Å²) >= 11 is 1.34. The van der Waals surface area contributed by atoms with E-state index in [1.807, 2.05) is 11.3 Å². The van der Waals surface area contributed by atoms with Gasteiger partial charge in [-0.2, -0.15) is 0 Å². The van der Waals surface area contributed by atoms with Crippen molar-refractivity contribution in [2.75, 3.05) is 5.75 Å². The maximum Gasteiger partial charge on any atom is 0.196 e. The molecule has 27 heavy (non-hydrogen) atoms. The van der Waals surface area contributed by atoms with Crippen LogP contribution < -0.4 is 0 Å². The Morgan fingerprint density at radius 2 is 1.67 bits per heavy atom. The van der Waals surface area contributed by atoms with E-state index in [0.717, 1.165) is 22.1 Å². The van der Waals surface area contributed by atoms with Gasteiger partial charge in [0.15, 0.2) is 16.6 Å². The van der Waals surface area contributed by atoms with E-state index in [9.17, 15) is 9.18 Å². The van der Waals surface area contributed by atoms with Gasteiger partial charge in [-0.1, -0.05) is 11.8 Å². The Balaban J connectivity index is 1.72. The molecule has 0 aliphatic carbocycles. The van der Waals surface area contributed by atoms with Crippen LogP contribution in [-0.2, 0) is 0 Å². The van der Waals surface area contributed by atoms with Gasteiger partial charge in [0.05, 0.1) is 11.3 Å². The summed E-state index contributed by atoms with van der Waals surface area (Å²) in [5, 5.41) is 10.4. The quantitative estimate of drug-likeness (QED) is 0.373. The first-order valence-corrected chi connectivity index (χ1v) is 9.60. The number of aromatic nitrogens is 3. The van der Waals surface area contributed by atoms with E-state index in [2.05, 4.69) is 42.2 Å². The smallest absolute Gasteiger partial charge is 0.196 e. The summed E-state index contributed by atoms with van der Waals surface area (Å²) in [5.41, 5.74) is 5.78. The second-order valence-corrected chi connectivity index (χ2v) is 7.63. The highest BCUT2D eigenvalue weighted by Gasteiger charge is 2.15. The fraction of sp³-hybridized carbons (Fsp3) is 0.190. The first-order valence-electron chi connectivity index (χ1n) is 8.61. The Morgan fingerprint density at radius 3 is 2.41 bits per heavy atom. The van der Waals surface area contributed by atoms with Gasteiger partial charge in [-0.3, -0.25) is 9.20 Å². The number of fused-ring (bicyclic) bond motifs is 3. The van der Waals surface area contributed by atoms with Crippen LogP contribution in [0.3, 0.4) is 0 Å². The van der Waals surface area contributed by atoms with E-state index in [1.54, 1.807) is 0 Å². The number of rotatable bonds is 4. The number of hydrogen-bond acceptors (Lipinski definition) is 4. The minimum atomic E-state index is -0.352. The molecule has 0 spiro atoms. The molecule has 0 bridgehead atoms. The molecular weight excluding hydrogens is 361 g/mol. The van der Waals surface area contributed by atoms with Crippen molar-refractivity contribution >= 4 is 34.1 Å². The van der Waals surface area contributed by atoms with Gasteiger partial charge in [0.25, 0.3) is 0 Å². The number of carbonyl (C=O) groups excluding carboxylic acids is 1. The number of benzene rings is 2. The van der Waals surface area contributed by atoms with Crippen LogP contribution in [0.5, 0.6) is 0 Å². The lowest BCUT2D eigenvalue weighted by molar-refractivity contribution is 0.102. The number of Topliss-reactive ketones (excluding diaryl/α,β-unsaturated/α-hetero) is 1. The average Bonchev–Trinajstić information content (AvgIpc) is 3.07. The van der Waals surface area contributed by atoms with Crippen molar-refractivity contribution in [1.82, 2.24) is 14.6 Å². The third kappa shape index (κ3) is 3.21. The fourth-order valence-corrected chi connectivity index (χ4v) is 3.95. The lowest BCUT2D eigenvalue weighted by Gasteiger charge is -2.09. The van der Waals surface area contributed by atoms with Gasteiger partial charge in [-0.05, 0) is 85.3 Å². The van der Waals surface area contributed by atoms with Gasteiger partial charge in [0.1, 0.15) is 5.82 Å². The van der Waals surface area contributed by atoms with Crippen molar-refractivity contribution in [2.24, 2.45) is 0 Å². The van der Waals surface area contributed by atoms with Gasteiger partial charge in [0, 0.05) is 5.56 Å². The molecule has 136 valence electrons. The van der Waals surface area contributed by atoms with Crippen LogP contribution >= 0.6 is 11.8 Å². The standard InChI is InChI=1S/C21H18FN3OS/c1-12-8-16-9-14(3)20-23-24-21(25(20)18(16)10-13(12)2)27-11-19(26)15-4-6-17(22)7-5-15/h4-10H,11H2,1-3H3. The first kappa shape index (κ1) is 17.7. The fourth-order valence-electron chi connectivity index (χ4n) is 3.12. The second kappa shape index (κ2) is 6.78. The zero-order valence-corrected chi connectivity index (χ0v) is 16.1. The molecule has 2 aromatic carbocycles. The molecule has 0 radical (unpaired) electrons. The molecule has 4 aromatic rings. The molecule has 0 saturated heterocycles. The van der Waals surface area contributed by atoms with Gasteiger partial charge in [-0.25, -0.2) is 4.39 Å². The third-order valence-corrected chi connectivity index (χ3v) is 5.67. The predicted octanol–water partition coefficient (Wildman–Crippen LogP) is 4.92. The SMILES string of the molecule is Cc1cc2cc(C)c3nnc(SCC(=O)c4ccc(F)cc4)n3c2cc1C. The lowest BCUT2D eigenvalue weighted by atomic mass is 10.0. The molecule has 4 nitrogen and oxygen atoms in total. The van der Waals surface area contributed by atoms with E-state index < -0.39 is 0 Å². The first-order chi connectivity index (χ1) is 12.9. The summed E-state index contributed by atoms with van der Waals surface area (Å²) < 4.78 is 15.1. The van der Waals surface area contributed by atoms with E-state index >= 15 is 0 Å². The topological polar surface area (TPSA) is 47.3 Å². The van der Waals surface area contributed by atoms with Crippen molar-refractivity contribution in [1.29, 1.82) is 0 Å². The molecule has 0 aliphatic rings. The maximum atomic E-state index is 13.0. The van der Waals surface area contributed by atoms with Crippen molar-refractivity contribution in [2.45, 2.75) is 25.9 Å². The van der Waals surface area contributed by atoms with Crippen molar-refractivity contribution in [3.63, 3.8) is 0 Å². The van der Waals surface area contributed by atoms with Crippen molar-refractivity contribution in [3.05, 3.63) is 70.5 Å². The van der Waals surface area contributed by atoms with E-state index in [1.165, 1.54) is 47.2 Å². The number of hydrogen-bond donors (Lipinski definition) is 0. The van der Waals surface area contributed by atoms with E-state index in [4.69, 9.17) is 0 Å². The highest BCUT2D eigenvalue weighted by atomic mass is 32.2. The van der Waals surface area contributed by atoms with Crippen LogP contribution in [0.1, 0.15) is 27.0 Å². The Bertz CT molecular complexity index is 1180. The van der Waals surface area contributed by atoms with Crippen LogP contribution in [0, 0.1) is 26.6 Å². The van der Waals surface area contributed by atoms with Crippen molar-refractivity contribution < 1.29 is 9.18 Å². The molecule has 4 rings (SSSR count). The van der Waals surface area contributed by atoms with Gasteiger partial charge in [-0.15, -0.1) is 10.2 Å². The second-order valence-electron chi connectivity index (χ2n) is 6.68. The Kier molecular flexibility index (Phi) is 4.44. The van der Waals surface area contributed by atoms with Gasteiger partial charge >= 0.3 is 0 Å². The molecule has 6 heteroatoms. The van der Waals surface area contributed by atoms with Crippen LogP contribution in [-0.4, -0.2) is 26.1 Å². The summed E-state index contributed by atoms with van der Waals surface area (Å²) in [6.07, 6.45) is 0. The molecule has 2 aromatic heterocycles. The Hall–Kier alpha value is -2.73. The zero-order chi connectivity index (χ0) is 19.1. The number of aryl methyl sites for hydroxylation is 3. The Morgan fingerprint density at radius 1 is 1.00 bits per heavy atom. The number of pyridine rings is 1. The number of thioether (sulfide) groups is 1. The maximum absolute atomic E-state index is 13.0. The molecule has 0 fully saturated rings. The molecule has 0 amide bonds. The highest BCUT2D eigenvalue weighted by Crippen LogP contribution is 2.28. The summed E-state index contributed by atoms with van der Waals surface area (Å²) in [7, 11) is 0. The van der Waals surface area contributed by atoms with Gasteiger partial charge in [0.2, 0.25) is 0 Å². The normalized spacial score (nSPS) is 11.4. The minimum absolute atomic E-state index is 0.0688. The molecular formula is C21H18FN3OS. The zero-order valence-electron chi connectivity index (χ0n) is 15.3. The largest absolute Gasteiger partial charge is 0.293 e. The summed E-state index contributed by atoms with van der Waals surface area (Å²) in [6.45, 7) is 6.18. The van der Waals surface area contributed by atoms with Crippen LogP contribution in [0.2, 0.25) is 0 Å². The summed E-state index contributed by atoms with van der Waals surface area (Å²) in [4.78, 5) is 12.4. The van der Waals surface area contributed by atoms with Crippen LogP contribution in [0.25, 0.3) is 16.6 Å². The monoisotopic (exact) mass is 379 g/mol. The number of ketones is 1.